The van der Waals surface area contributed by atoms with Crippen LogP contribution in [0.2, 0.25) is 0 Å². The van der Waals surface area contributed by atoms with Gasteiger partial charge < -0.3 is 13.9 Å². The zero-order chi connectivity index (χ0) is 18.9. The van der Waals surface area contributed by atoms with Gasteiger partial charge in [-0.3, -0.25) is 0 Å². The highest BCUT2D eigenvalue weighted by atomic mass is 32.2. The lowest BCUT2D eigenvalue weighted by atomic mass is 10.2. The molecule has 1 aliphatic rings. The Hall–Kier alpha value is -2.32. The lowest BCUT2D eigenvalue weighted by Crippen LogP contribution is -2.56. The molecule has 1 aromatic carbocycles. The first-order chi connectivity index (χ1) is 12.3. The van der Waals surface area contributed by atoms with Crippen LogP contribution in [0.4, 0.5) is 0 Å². The summed E-state index contributed by atoms with van der Waals surface area (Å²) in [6.07, 6.45) is -0.297. The molecule has 0 unspecified atom stereocenters. The smallest absolute Gasteiger partial charge is 0.339 e. The van der Waals surface area contributed by atoms with E-state index in [2.05, 4.69) is 0 Å². The van der Waals surface area contributed by atoms with Gasteiger partial charge in [-0.15, -0.1) is 0 Å². The second-order valence-corrected chi connectivity index (χ2v) is 8.08. The first-order valence-electron chi connectivity index (χ1n) is 8.31. The molecule has 0 N–H and O–H groups in total. The van der Waals surface area contributed by atoms with E-state index in [1.807, 2.05) is 13.8 Å². The molecular formula is C18H21NO6S. The number of rotatable bonds is 6. The van der Waals surface area contributed by atoms with Crippen LogP contribution in [0.3, 0.4) is 0 Å². The van der Waals surface area contributed by atoms with E-state index in [1.165, 1.54) is 10.4 Å². The van der Waals surface area contributed by atoms with Gasteiger partial charge in [-0.05, 0) is 44.5 Å². The highest BCUT2D eigenvalue weighted by molar-refractivity contribution is 7.89. The van der Waals surface area contributed by atoms with Gasteiger partial charge in [0.2, 0.25) is 10.0 Å². The number of sulfonamides is 1. The molecule has 1 aliphatic heterocycles. The summed E-state index contributed by atoms with van der Waals surface area (Å²) in [6, 6.07) is 7.69. The fourth-order valence-electron chi connectivity index (χ4n) is 2.76. The summed E-state index contributed by atoms with van der Waals surface area (Å²) in [5, 5.41) is 0. The van der Waals surface area contributed by atoms with Crippen molar-refractivity contribution in [3.8, 4) is 11.5 Å². The lowest BCUT2D eigenvalue weighted by molar-refractivity contribution is 0.0754. The van der Waals surface area contributed by atoms with Crippen molar-refractivity contribution >= 4 is 10.0 Å². The van der Waals surface area contributed by atoms with Crippen molar-refractivity contribution in [3.05, 3.63) is 52.1 Å². The minimum atomic E-state index is -3.58. The van der Waals surface area contributed by atoms with Crippen LogP contribution in [0.15, 0.2) is 44.4 Å². The summed E-state index contributed by atoms with van der Waals surface area (Å²) in [7, 11) is -3.58. The van der Waals surface area contributed by atoms with Gasteiger partial charge in [-0.25, -0.2) is 13.2 Å². The second kappa shape index (κ2) is 7.13. The molecule has 1 fully saturated rings. The Morgan fingerprint density at radius 1 is 1.19 bits per heavy atom. The van der Waals surface area contributed by atoms with E-state index in [0.717, 1.165) is 5.56 Å². The fourth-order valence-corrected chi connectivity index (χ4v) is 4.35. The number of nitrogens with zero attached hydrogens (tertiary/aromatic N) is 1. The summed E-state index contributed by atoms with van der Waals surface area (Å²) >= 11 is 0. The van der Waals surface area contributed by atoms with Crippen molar-refractivity contribution in [3.63, 3.8) is 0 Å². The molecule has 0 radical (unpaired) electrons. The summed E-state index contributed by atoms with van der Waals surface area (Å²) in [5.74, 6) is 1.51. The molecule has 0 amide bonds. The predicted octanol–water partition coefficient (Wildman–Crippen LogP) is 2.11. The first-order valence-corrected chi connectivity index (χ1v) is 9.75. The standard InChI is InChI=1S/C18H21NO6S/c1-4-23-17-6-5-16(7-12(17)2)26(21,22)19-10-15(11-19)25-14-8-13(3)24-18(20)9-14/h5-9,15H,4,10-11H2,1-3H3. The number of aryl methyl sites for hydroxylation is 2. The van der Waals surface area contributed by atoms with Crippen LogP contribution in [-0.4, -0.2) is 38.5 Å². The maximum atomic E-state index is 12.7. The largest absolute Gasteiger partial charge is 0.494 e. The Kier molecular flexibility index (Phi) is 5.06. The number of hydrogen-bond acceptors (Lipinski definition) is 6. The lowest BCUT2D eigenvalue weighted by Gasteiger charge is -2.37. The van der Waals surface area contributed by atoms with Crippen LogP contribution in [0.1, 0.15) is 18.2 Å². The second-order valence-electron chi connectivity index (χ2n) is 6.14. The maximum absolute atomic E-state index is 12.7. The van der Waals surface area contributed by atoms with E-state index in [9.17, 15) is 13.2 Å². The Morgan fingerprint density at radius 2 is 1.92 bits per heavy atom. The van der Waals surface area contributed by atoms with Crippen molar-refractivity contribution in [1.29, 1.82) is 0 Å². The van der Waals surface area contributed by atoms with Crippen LogP contribution in [0.5, 0.6) is 11.5 Å². The normalized spacial score (nSPS) is 15.5. The molecule has 2 aromatic rings. The zero-order valence-electron chi connectivity index (χ0n) is 14.9. The molecule has 140 valence electrons. The summed E-state index contributed by atoms with van der Waals surface area (Å²) in [4.78, 5) is 11.6. The summed E-state index contributed by atoms with van der Waals surface area (Å²) in [5.41, 5.74) is 0.279. The van der Waals surface area contributed by atoms with Gasteiger partial charge in [0.1, 0.15) is 23.4 Å². The molecular weight excluding hydrogens is 358 g/mol. The van der Waals surface area contributed by atoms with E-state index in [4.69, 9.17) is 13.9 Å². The number of hydrogen-bond donors (Lipinski definition) is 0. The van der Waals surface area contributed by atoms with Gasteiger partial charge in [-0.1, -0.05) is 0 Å². The van der Waals surface area contributed by atoms with E-state index >= 15 is 0 Å². The molecule has 0 bridgehead atoms. The summed E-state index contributed by atoms with van der Waals surface area (Å²) in [6.45, 7) is 6.33. The van der Waals surface area contributed by atoms with Crippen LogP contribution < -0.4 is 15.1 Å². The Balaban J connectivity index is 1.67. The highest BCUT2D eigenvalue weighted by Crippen LogP contribution is 2.28. The van der Waals surface area contributed by atoms with Crippen LogP contribution in [0.25, 0.3) is 0 Å². The number of benzene rings is 1. The molecule has 3 rings (SSSR count). The van der Waals surface area contributed by atoms with Gasteiger partial charge in [-0.2, -0.15) is 4.31 Å². The minimum Gasteiger partial charge on any atom is -0.494 e. The van der Waals surface area contributed by atoms with E-state index < -0.39 is 15.6 Å². The first kappa shape index (κ1) is 18.5. The third-order valence-corrected chi connectivity index (χ3v) is 5.90. The Labute approximate surface area is 152 Å². The van der Waals surface area contributed by atoms with Crippen LogP contribution in [0, 0.1) is 13.8 Å². The molecule has 7 nitrogen and oxygen atoms in total. The van der Waals surface area contributed by atoms with Gasteiger partial charge in [0.05, 0.1) is 30.7 Å². The van der Waals surface area contributed by atoms with Gasteiger partial charge in [0, 0.05) is 6.07 Å². The molecule has 0 atom stereocenters. The van der Waals surface area contributed by atoms with Crippen LogP contribution in [-0.2, 0) is 10.0 Å². The van der Waals surface area contributed by atoms with Crippen molar-refractivity contribution < 1.29 is 22.3 Å². The molecule has 2 heterocycles. The minimum absolute atomic E-state index is 0.230. The quantitative estimate of drug-likeness (QED) is 0.764. The third kappa shape index (κ3) is 3.76. The molecule has 8 heteroatoms. The van der Waals surface area contributed by atoms with Crippen molar-refractivity contribution in [2.75, 3.05) is 19.7 Å². The SMILES string of the molecule is CCOc1ccc(S(=O)(=O)N2CC(Oc3cc(C)oc(=O)c3)C2)cc1C. The third-order valence-electron chi connectivity index (χ3n) is 4.07. The zero-order valence-corrected chi connectivity index (χ0v) is 15.7. The van der Waals surface area contributed by atoms with E-state index in [1.54, 1.807) is 31.2 Å². The molecule has 1 saturated heterocycles. The maximum Gasteiger partial charge on any atom is 0.339 e. The van der Waals surface area contributed by atoms with Crippen molar-refractivity contribution in [1.82, 2.24) is 4.31 Å². The monoisotopic (exact) mass is 379 g/mol. The number of ether oxygens (including phenoxy) is 2. The average Bonchev–Trinajstić information content (AvgIpc) is 2.51. The fraction of sp³-hybridized carbons (Fsp3) is 0.389. The predicted molar refractivity (Wildman–Crippen MR) is 95.2 cm³/mol. The highest BCUT2D eigenvalue weighted by Gasteiger charge is 2.38. The molecule has 0 spiro atoms. The molecule has 26 heavy (non-hydrogen) atoms. The topological polar surface area (TPSA) is 86.1 Å². The average molecular weight is 379 g/mol. The van der Waals surface area contributed by atoms with E-state index in [-0.39, 0.29) is 24.1 Å². The molecule has 0 saturated carbocycles. The molecule has 1 aromatic heterocycles. The van der Waals surface area contributed by atoms with Gasteiger partial charge in [0.25, 0.3) is 0 Å². The Bertz CT molecular complexity index is 960. The summed E-state index contributed by atoms with van der Waals surface area (Å²) < 4.78 is 42.7. The van der Waals surface area contributed by atoms with E-state index in [0.29, 0.717) is 23.9 Å². The molecule has 0 aliphatic carbocycles. The van der Waals surface area contributed by atoms with Crippen LogP contribution >= 0.6 is 0 Å². The van der Waals surface area contributed by atoms with Crippen molar-refractivity contribution in [2.45, 2.75) is 31.8 Å². The van der Waals surface area contributed by atoms with Gasteiger partial charge >= 0.3 is 5.63 Å². The Morgan fingerprint density at radius 3 is 2.54 bits per heavy atom. The van der Waals surface area contributed by atoms with Gasteiger partial charge in [0.15, 0.2) is 0 Å². The van der Waals surface area contributed by atoms with Crippen molar-refractivity contribution in [2.24, 2.45) is 0 Å².